The summed E-state index contributed by atoms with van der Waals surface area (Å²) in [6.07, 6.45) is 56.0. The van der Waals surface area contributed by atoms with Crippen LogP contribution < -0.4 is 0 Å². The molecular weight excluding hydrogens is 625 g/mol. The number of allylic oxidation sites excluding steroid dienone is 1. The molecule has 0 rings (SSSR count). The van der Waals surface area contributed by atoms with Gasteiger partial charge in [-0.15, -0.1) is 0 Å². The van der Waals surface area contributed by atoms with Crippen molar-refractivity contribution in [2.45, 2.75) is 290 Å². The van der Waals surface area contributed by atoms with Crippen LogP contribution in [0.5, 0.6) is 0 Å². The van der Waals surface area contributed by atoms with Crippen LogP contribution in [-0.4, -0.2) is 23.3 Å². The normalized spacial score (nSPS) is 13.2. The molecule has 2 unspecified atom stereocenters. The molecule has 0 aromatic rings. The summed E-state index contributed by atoms with van der Waals surface area (Å²) in [4.78, 5) is 10.8. The van der Waals surface area contributed by atoms with E-state index in [1.54, 1.807) is 6.92 Å². The van der Waals surface area contributed by atoms with E-state index in [0.717, 1.165) is 12.8 Å². The molecule has 304 valence electrons. The average Bonchev–Trinajstić information content (AvgIpc) is 3.13. The number of carbonyl (C=O) groups is 1. The maximum Gasteiger partial charge on any atom is 0.330 e. The van der Waals surface area contributed by atoms with Crippen molar-refractivity contribution in [3.63, 3.8) is 0 Å². The molecule has 0 saturated heterocycles. The summed E-state index contributed by atoms with van der Waals surface area (Å²) in [6, 6.07) is 0. The predicted molar refractivity (Wildman–Crippen MR) is 227 cm³/mol. The van der Waals surface area contributed by atoms with E-state index < -0.39 is 5.97 Å². The second-order valence-electron chi connectivity index (χ2n) is 16.5. The fourth-order valence-electron chi connectivity index (χ4n) is 7.66. The molecule has 0 aromatic heterocycles. The van der Waals surface area contributed by atoms with E-state index in [1.807, 2.05) is 6.08 Å². The Bertz CT molecular complexity index is 715. The zero-order valence-corrected chi connectivity index (χ0v) is 35.6. The van der Waals surface area contributed by atoms with Gasteiger partial charge in [0.1, 0.15) is 0 Å². The summed E-state index contributed by atoms with van der Waals surface area (Å²) in [5.74, 6) is -0.784. The Kier molecular flexibility index (Phi) is 41.2. The molecule has 51 heavy (non-hydrogen) atoms. The minimum atomic E-state index is -0.784. The summed E-state index contributed by atoms with van der Waals surface area (Å²) in [5, 5.41) is 8.89. The second kappa shape index (κ2) is 41.9. The lowest BCUT2D eigenvalue weighted by atomic mass is 10.0. The SMILES string of the molecule is CCCCCCCCCCCCCCCCCC(CCCC)OC(CCCC)CCCCCCCCCCCCCCCCCC=C(C)C(=O)O. The van der Waals surface area contributed by atoms with Crippen LogP contribution in [0.4, 0.5) is 0 Å². The number of hydrogen-bond donors (Lipinski definition) is 1. The number of carboxylic acid groups (broad SMARTS) is 1. The van der Waals surface area contributed by atoms with Crippen molar-refractivity contribution < 1.29 is 14.6 Å². The van der Waals surface area contributed by atoms with Crippen molar-refractivity contribution in [3.8, 4) is 0 Å². The summed E-state index contributed by atoms with van der Waals surface area (Å²) in [7, 11) is 0. The fraction of sp³-hybridized carbons (Fsp3) is 0.938. The van der Waals surface area contributed by atoms with Gasteiger partial charge in [0, 0.05) is 5.57 Å². The van der Waals surface area contributed by atoms with Gasteiger partial charge in [-0.05, 0) is 45.4 Å². The third-order valence-electron chi connectivity index (χ3n) is 11.3. The number of aliphatic carboxylic acids is 1. The van der Waals surface area contributed by atoms with Crippen LogP contribution in [0.15, 0.2) is 11.6 Å². The largest absolute Gasteiger partial charge is 0.478 e. The molecule has 1 N–H and O–H groups in total. The van der Waals surface area contributed by atoms with E-state index >= 15 is 0 Å². The molecular formula is C48H94O3. The van der Waals surface area contributed by atoms with Gasteiger partial charge < -0.3 is 9.84 Å². The Balaban J connectivity index is 3.86. The van der Waals surface area contributed by atoms with E-state index in [4.69, 9.17) is 9.84 Å². The maximum absolute atomic E-state index is 10.8. The minimum absolute atomic E-state index is 0.484. The Morgan fingerprint density at radius 1 is 0.412 bits per heavy atom. The fourth-order valence-corrected chi connectivity index (χ4v) is 7.66. The van der Waals surface area contributed by atoms with Gasteiger partial charge in [0.25, 0.3) is 0 Å². The summed E-state index contributed by atoms with van der Waals surface area (Å²) in [6.45, 7) is 8.66. The first-order chi connectivity index (χ1) is 25.0. The molecule has 2 atom stereocenters. The molecule has 0 radical (unpaired) electrons. The standard InChI is InChI=1S/C48H94O3/c1-5-8-11-12-13-14-15-16-19-23-26-29-32-35-38-43-46(41-9-6-2)51-47(42-10-7-3)44-39-36-33-30-27-24-21-18-17-20-22-25-28-31-34-37-40-45(4)48(49)50/h40,46-47H,5-39,41-44H2,1-4H3,(H,49,50). The monoisotopic (exact) mass is 719 g/mol. The molecule has 0 bridgehead atoms. The minimum Gasteiger partial charge on any atom is -0.478 e. The summed E-state index contributed by atoms with van der Waals surface area (Å²) in [5.41, 5.74) is 0.484. The molecule has 0 aliphatic heterocycles. The smallest absolute Gasteiger partial charge is 0.330 e. The quantitative estimate of drug-likeness (QED) is 0.0504. The van der Waals surface area contributed by atoms with Gasteiger partial charge in [-0.1, -0.05) is 239 Å². The van der Waals surface area contributed by atoms with Gasteiger partial charge in [0.15, 0.2) is 0 Å². The van der Waals surface area contributed by atoms with Gasteiger partial charge in [-0.3, -0.25) is 0 Å². The zero-order valence-electron chi connectivity index (χ0n) is 35.6. The highest BCUT2D eigenvalue weighted by Crippen LogP contribution is 2.23. The predicted octanol–water partition coefficient (Wildman–Crippen LogP) is 17.0. The van der Waals surface area contributed by atoms with Crippen molar-refractivity contribution in [1.29, 1.82) is 0 Å². The molecule has 0 saturated carbocycles. The molecule has 0 spiro atoms. The summed E-state index contributed by atoms with van der Waals surface area (Å²) < 4.78 is 6.90. The Labute approximate surface area is 321 Å². The number of carboxylic acids is 1. The van der Waals surface area contributed by atoms with Gasteiger partial charge in [-0.2, -0.15) is 0 Å². The van der Waals surface area contributed by atoms with E-state index in [0.29, 0.717) is 17.8 Å². The molecule has 0 aliphatic rings. The Morgan fingerprint density at radius 2 is 0.667 bits per heavy atom. The summed E-state index contributed by atoms with van der Waals surface area (Å²) >= 11 is 0. The number of hydrogen-bond acceptors (Lipinski definition) is 2. The van der Waals surface area contributed by atoms with E-state index in [2.05, 4.69) is 20.8 Å². The third-order valence-corrected chi connectivity index (χ3v) is 11.3. The van der Waals surface area contributed by atoms with Crippen LogP contribution in [0.25, 0.3) is 0 Å². The van der Waals surface area contributed by atoms with Crippen molar-refractivity contribution in [2.24, 2.45) is 0 Å². The van der Waals surface area contributed by atoms with Crippen LogP contribution in [0.1, 0.15) is 278 Å². The van der Waals surface area contributed by atoms with Crippen molar-refractivity contribution >= 4 is 5.97 Å². The number of unbranched alkanes of at least 4 members (excludes halogenated alkanes) is 31. The van der Waals surface area contributed by atoms with Crippen LogP contribution in [0.3, 0.4) is 0 Å². The first kappa shape index (κ1) is 50.2. The highest BCUT2D eigenvalue weighted by atomic mass is 16.5. The zero-order chi connectivity index (χ0) is 37.3. The lowest BCUT2D eigenvalue weighted by Crippen LogP contribution is -2.23. The lowest BCUT2D eigenvalue weighted by molar-refractivity contribution is -0.132. The van der Waals surface area contributed by atoms with Crippen LogP contribution in [-0.2, 0) is 9.53 Å². The first-order valence-corrected chi connectivity index (χ1v) is 23.6. The van der Waals surface area contributed by atoms with Gasteiger partial charge in [0.05, 0.1) is 12.2 Å². The molecule has 3 heteroatoms. The van der Waals surface area contributed by atoms with Gasteiger partial charge in [0.2, 0.25) is 0 Å². The second-order valence-corrected chi connectivity index (χ2v) is 16.5. The average molecular weight is 719 g/mol. The topological polar surface area (TPSA) is 46.5 Å². The van der Waals surface area contributed by atoms with Crippen molar-refractivity contribution in [2.75, 3.05) is 0 Å². The van der Waals surface area contributed by atoms with Crippen molar-refractivity contribution in [3.05, 3.63) is 11.6 Å². The molecule has 0 aromatic carbocycles. The van der Waals surface area contributed by atoms with Gasteiger partial charge >= 0.3 is 5.97 Å². The highest BCUT2D eigenvalue weighted by molar-refractivity contribution is 5.85. The molecule has 0 fully saturated rings. The molecule has 3 nitrogen and oxygen atoms in total. The van der Waals surface area contributed by atoms with E-state index in [-0.39, 0.29) is 0 Å². The first-order valence-electron chi connectivity index (χ1n) is 23.6. The van der Waals surface area contributed by atoms with Crippen molar-refractivity contribution in [1.82, 2.24) is 0 Å². The van der Waals surface area contributed by atoms with Gasteiger partial charge in [-0.25, -0.2) is 4.79 Å². The number of ether oxygens (including phenoxy) is 1. The Morgan fingerprint density at radius 3 is 0.961 bits per heavy atom. The molecule has 0 heterocycles. The maximum atomic E-state index is 10.8. The Hall–Kier alpha value is -0.830. The number of rotatable bonds is 43. The molecule has 0 aliphatic carbocycles. The lowest BCUT2D eigenvalue weighted by Gasteiger charge is -2.25. The van der Waals surface area contributed by atoms with Crippen LogP contribution >= 0.6 is 0 Å². The van der Waals surface area contributed by atoms with E-state index in [1.165, 1.54) is 238 Å². The molecule has 0 amide bonds. The third kappa shape index (κ3) is 38.7. The van der Waals surface area contributed by atoms with Crippen LogP contribution in [0, 0.1) is 0 Å². The van der Waals surface area contributed by atoms with Crippen LogP contribution in [0.2, 0.25) is 0 Å². The van der Waals surface area contributed by atoms with E-state index in [9.17, 15) is 4.79 Å². The highest BCUT2D eigenvalue weighted by Gasteiger charge is 2.16.